The fourth-order valence-electron chi connectivity index (χ4n) is 2.44. The smallest absolute Gasteiger partial charge is 0.311 e. The Labute approximate surface area is 138 Å². The van der Waals surface area contributed by atoms with Crippen LogP contribution in [0, 0.1) is 10.1 Å². The molecule has 0 bridgehead atoms. The summed E-state index contributed by atoms with van der Waals surface area (Å²) in [5, 5.41) is 20.3. The average Bonchev–Trinajstić information content (AvgIpc) is 2.59. The van der Waals surface area contributed by atoms with Gasteiger partial charge in [-0.2, -0.15) is 0 Å². The number of carboxylic acid groups (broad SMARTS) is 1. The predicted molar refractivity (Wildman–Crippen MR) is 86.7 cm³/mol. The number of carbonyl (C=O) groups is 1. The highest BCUT2D eigenvalue weighted by Crippen LogP contribution is 2.30. The lowest BCUT2D eigenvalue weighted by Gasteiger charge is -2.16. The number of carboxylic acids is 1. The van der Waals surface area contributed by atoms with Crippen molar-refractivity contribution in [2.24, 2.45) is 0 Å². The molecule has 0 amide bonds. The molecule has 0 saturated heterocycles. The summed E-state index contributed by atoms with van der Waals surface area (Å²) in [6.45, 7) is 0. The maximum atomic E-state index is 11.7. The van der Waals surface area contributed by atoms with Crippen molar-refractivity contribution in [3.8, 4) is 11.5 Å². The van der Waals surface area contributed by atoms with E-state index in [2.05, 4.69) is 0 Å². The third-order valence-corrected chi connectivity index (χ3v) is 3.72. The summed E-state index contributed by atoms with van der Waals surface area (Å²) < 4.78 is 10.4. The molecule has 1 N–H and O–H groups in total. The molecule has 2 aromatic carbocycles. The molecule has 126 valence electrons. The standard InChI is InChI=1S/C17H17NO6/c1-23-14-7-8-16(24-2)12(9-14)10-15(17(19)20)11-3-5-13(6-4-11)18(21)22/h3-9,15H,10H2,1-2H3,(H,19,20). The van der Waals surface area contributed by atoms with Gasteiger partial charge in [0.15, 0.2) is 0 Å². The van der Waals surface area contributed by atoms with Crippen LogP contribution in [0.5, 0.6) is 11.5 Å². The molecule has 24 heavy (non-hydrogen) atoms. The van der Waals surface area contributed by atoms with Gasteiger partial charge in [0.25, 0.3) is 5.69 Å². The van der Waals surface area contributed by atoms with Crippen molar-refractivity contribution in [1.29, 1.82) is 0 Å². The Morgan fingerprint density at radius 3 is 2.33 bits per heavy atom. The van der Waals surface area contributed by atoms with Crippen molar-refractivity contribution in [3.05, 3.63) is 63.7 Å². The van der Waals surface area contributed by atoms with E-state index in [1.807, 2.05) is 0 Å². The topological polar surface area (TPSA) is 98.9 Å². The molecule has 7 nitrogen and oxygen atoms in total. The van der Waals surface area contributed by atoms with Gasteiger partial charge >= 0.3 is 5.97 Å². The number of non-ortho nitro benzene ring substituents is 1. The van der Waals surface area contributed by atoms with E-state index < -0.39 is 16.8 Å². The molecule has 0 aliphatic heterocycles. The van der Waals surface area contributed by atoms with E-state index in [-0.39, 0.29) is 12.1 Å². The van der Waals surface area contributed by atoms with Gasteiger partial charge in [0, 0.05) is 12.1 Å². The zero-order chi connectivity index (χ0) is 17.7. The fourth-order valence-corrected chi connectivity index (χ4v) is 2.44. The lowest BCUT2D eigenvalue weighted by molar-refractivity contribution is -0.384. The van der Waals surface area contributed by atoms with Crippen LogP contribution >= 0.6 is 0 Å². The normalized spacial score (nSPS) is 11.6. The van der Waals surface area contributed by atoms with Gasteiger partial charge in [0.2, 0.25) is 0 Å². The van der Waals surface area contributed by atoms with Gasteiger partial charge in [-0.25, -0.2) is 0 Å². The largest absolute Gasteiger partial charge is 0.497 e. The lowest BCUT2D eigenvalue weighted by Crippen LogP contribution is -2.15. The molecule has 0 spiro atoms. The van der Waals surface area contributed by atoms with Crippen molar-refractivity contribution in [1.82, 2.24) is 0 Å². The van der Waals surface area contributed by atoms with Crippen LogP contribution in [-0.2, 0) is 11.2 Å². The molecule has 7 heteroatoms. The number of methoxy groups -OCH3 is 2. The zero-order valence-corrected chi connectivity index (χ0v) is 13.3. The second-order valence-corrected chi connectivity index (χ2v) is 5.12. The minimum Gasteiger partial charge on any atom is -0.497 e. The molecule has 2 aromatic rings. The van der Waals surface area contributed by atoms with Crippen molar-refractivity contribution in [3.63, 3.8) is 0 Å². The van der Waals surface area contributed by atoms with Crippen LogP contribution in [0.3, 0.4) is 0 Å². The second kappa shape index (κ2) is 7.45. The minimum atomic E-state index is -1.02. The fraction of sp³-hybridized carbons (Fsp3) is 0.235. The van der Waals surface area contributed by atoms with Gasteiger partial charge < -0.3 is 14.6 Å². The van der Waals surface area contributed by atoms with Crippen LogP contribution in [0.15, 0.2) is 42.5 Å². The number of ether oxygens (including phenoxy) is 2. The molecular weight excluding hydrogens is 314 g/mol. The number of benzene rings is 2. The van der Waals surface area contributed by atoms with Crippen LogP contribution in [0.2, 0.25) is 0 Å². The number of nitro benzene ring substituents is 1. The van der Waals surface area contributed by atoms with E-state index in [1.54, 1.807) is 18.2 Å². The molecule has 1 unspecified atom stereocenters. The van der Waals surface area contributed by atoms with Gasteiger partial charge in [-0.3, -0.25) is 14.9 Å². The Kier molecular flexibility index (Phi) is 5.36. The van der Waals surface area contributed by atoms with E-state index in [4.69, 9.17) is 9.47 Å². The van der Waals surface area contributed by atoms with Crippen LogP contribution in [0.25, 0.3) is 0 Å². The van der Waals surface area contributed by atoms with E-state index in [0.29, 0.717) is 22.6 Å². The van der Waals surface area contributed by atoms with Crippen molar-refractivity contribution < 1.29 is 24.3 Å². The second-order valence-electron chi connectivity index (χ2n) is 5.12. The average molecular weight is 331 g/mol. The minimum absolute atomic E-state index is 0.0816. The number of hydrogen-bond donors (Lipinski definition) is 1. The summed E-state index contributed by atoms with van der Waals surface area (Å²) in [6, 6.07) is 10.7. The molecule has 0 aliphatic rings. The molecule has 0 fully saturated rings. The first-order valence-electron chi connectivity index (χ1n) is 7.14. The molecule has 0 aliphatic carbocycles. The maximum Gasteiger partial charge on any atom is 0.311 e. The van der Waals surface area contributed by atoms with Crippen LogP contribution in [0.4, 0.5) is 5.69 Å². The van der Waals surface area contributed by atoms with E-state index >= 15 is 0 Å². The highest BCUT2D eigenvalue weighted by molar-refractivity contribution is 5.77. The maximum absolute atomic E-state index is 11.7. The third-order valence-electron chi connectivity index (χ3n) is 3.72. The molecule has 2 rings (SSSR count). The zero-order valence-electron chi connectivity index (χ0n) is 13.3. The number of rotatable bonds is 7. The molecule has 0 radical (unpaired) electrons. The van der Waals surface area contributed by atoms with E-state index in [1.165, 1.54) is 38.5 Å². The summed E-state index contributed by atoms with van der Waals surface area (Å²) in [6.07, 6.45) is 0.174. The molecule has 0 heterocycles. The first-order chi connectivity index (χ1) is 11.5. The van der Waals surface area contributed by atoms with Crippen LogP contribution < -0.4 is 9.47 Å². The summed E-state index contributed by atoms with van der Waals surface area (Å²) in [5.74, 6) is -0.719. The Morgan fingerprint density at radius 2 is 1.83 bits per heavy atom. The Hall–Kier alpha value is -3.09. The Morgan fingerprint density at radius 1 is 1.17 bits per heavy atom. The van der Waals surface area contributed by atoms with Crippen molar-refractivity contribution in [2.45, 2.75) is 12.3 Å². The summed E-state index contributed by atoms with van der Waals surface area (Å²) in [7, 11) is 3.03. The van der Waals surface area contributed by atoms with Crippen LogP contribution in [0.1, 0.15) is 17.0 Å². The van der Waals surface area contributed by atoms with Gasteiger partial charge in [0.1, 0.15) is 11.5 Å². The number of aliphatic carboxylic acids is 1. The highest BCUT2D eigenvalue weighted by atomic mass is 16.6. The molecular formula is C17H17NO6. The summed E-state index contributed by atoms with van der Waals surface area (Å²) in [5.41, 5.74) is 1.09. The van der Waals surface area contributed by atoms with Gasteiger partial charge in [-0.1, -0.05) is 12.1 Å². The predicted octanol–water partition coefficient (Wildman–Crippen LogP) is 3.02. The monoisotopic (exact) mass is 331 g/mol. The van der Waals surface area contributed by atoms with Crippen LogP contribution in [-0.4, -0.2) is 30.2 Å². The van der Waals surface area contributed by atoms with Gasteiger partial charge in [-0.05, 0) is 35.7 Å². The van der Waals surface area contributed by atoms with E-state index in [0.717, 1.165) is 0 Å². The van der Waals surface area contributed by atoms with Crippen molar-refractivity contribution in [2.75, 3.05) is 14.2 Å². The third kappa shape index (κ3) is 3.81. The SMILES string of the molecule is COc1ccc(OC)c(CC(C(=O)O)c2ccc([N+](=O)[O-])cc2)c1. The summed E-state index contributed by atoms with van der Waals surface area (Å²) >= 11 is 0. The molecule has 1 atom stereocenters. The Balaban J connectivity index is 2.35. The first-order valence-corrected chi connectivity index (χ1v) is 7.14. The highest BCUT2D eigenvalue weighted by Gasteiger charge is 2.23. The summed E-state index contributed by atoms with van der Waals surface area (Å²) in [4.78, 5) is 21.9. The molecule has 0 saturated carbocycles. The van der Waals surface area contributed by atoms with Gasteiger partial charge in [-0.15, -0.1) is 0 Å². The number of nitrogens with zero attached hydrogens (tertiary/aromatic N) is 1. The number of hydrogen-bond acceptors (Lipinski definition) is 5. The number of nitro groups is 1. The molecule has 0 aromatic heterocycles. The van der Waals surface area contributed by atoms with Crippen molar-refractivity contribution >= 4 is 11.7 Å². The van der Waals surface area contributed by atoms with Gasteiger partial charge in [0.05, 0.1) is 25.1 Å². The first kappa shape index (κ1) is 17.3. The van der Waals surface area contributed by atoms with E-state index in [9.17, 15) is 20.0 Å². The Bertz CT molecular complexity index is 741. The lowest BCUT2D eigenvalue weighted by atomic mass is 9.91. The quantitative estimate of drug-likeness (QED) is 0.618.